The van der Waals surface area contributed by atoms with Crippen LogP contribution in [0.25, 0.3) is 0 Å². The molecule has 4 amide bonds. The molecule has 5 N–H and O–H groups in total. The molecule has 10 nitrogen and oxygen atoms in total. The largest absolute Gasteiger partial charge is 0.354 e. The Bertz CT molecular complexity index is 1200. The van der Waals surface area contributed by atoms with Crippen molar-refractivity contribution < 1.29 is 19.2 Å². The topological polar surface area (TPSA) is 132 Å². The molecular weight excluding hydrogens is 604 g/mol. The van der Waals surface area contributed by atoms with Crippen LogP contribution in [-0.2, 0) is 25.6 Å². The second-order valence-corrected chi connectivity index (χ2v) is 15.0. The van der Waals surface area contributed by atoms with Crippen LogP contribution in [0.4, 0.5) is 0 Å². The van der Waals surface area contributed by atoms with E-state index in [2.05, 4.69) is 26.8 Å². The molecule has 3 unspecified atom stereocenters. The van der Waals surface area contributed by atoms with E-state index in [9.17, 15) is 19.2 Å². The molecule has 48 heavy (non-hydrogen) atoms. The normalized spacial score (nSPS) is 26.6. The van der Waals surface area contributed by atoms with E-state index in [4.69, 9.17) is 0 Å². The van der Waals surface area contributed by atoms with Gasteiger partial charge in [-0.1, -0.05) is 81.7 Å². The predicted molar refractivity (Wildman–Crippen MR) is 187 cm³/mol. The molecule has 2 aliphatic heterocycles. The molecule has 266 valence electrons. The van der Waals surface area contributed by atoms with Crippen LogP contribution < -0.4 is 26.8 Å². The first-order chi connectivity index (χ1) is 23.4. The summed E-state index contributed by atoms with van der Waals surface area (Å²) in [6, 6.07) is 8.18. The Hall–Kier alpha value is -2.98. The van der Waals surface area contributed by atoms with Gasteiger partial charge in [0.1, 0.15) is 12.1 Å². The highest BCUT2D eigenvalue weighted by Crippen LogP contribution is 2.50. The first-order valence-corrected chi connectivity index (χ1v) is 19.0. The van der Waals surface area contributed by atoms with Gasteiger partial charge in [-0.2, -0.15) is 0 Å². The lowest BCUT2D eigenvalue weighted by atomic mass is 9.58. The molecule has 2 aliphatic carbocycles. The summed E-state index contributed by atoms with van der Waals surface area (Å²) in [7, 11) is 0. The van der Waals surface area contributed by atoms with Gasteiger partial charge in [-0.15, -0.1) is 0 Å². The summed E-state index contributed by atoms with van der Waals surface area (Å²) in [5.74, 6) is -0.188. The number of fused-ring (bicyclic) bond motifs is 1. The number of benzene rings is 1. The summed E-state index contributed by atoms with van der Waals surface area (Å²) < 4.78 is 0. The lowest BCUT2D eigenvalue weighted by Crippen LogP contribution is -2.56. The van der Waals surface area contributed by atoms with E-state index in [0.717, 1.165) is 31.4 Å². The molecule has 0 aromatic heterocycles. The Kier molecular flexibility index (Phi) is 13.7. The van der Waals surface area contributed by atoms with Crippen molar-refractivity contribution in [1.29, 1.82) is 0 Å². The minimum absolute atomic E-state index is 0.122. The fraction of sp³-hybridized carbons (Fsp3) is 0.737. The zero-order chi connectivity index (χ0) is 33.8. The summed E-state index contributed by atoms with van der Waals surface area (Å²) in [6.45, 7) is 4.56. The number of carbonyl (C=O) groups excluding carboxylic acids is 4. The van der Waals surface area contributed by atoms with Gasteiger partial charge in [0.15, 0.2) is 0 Å². The maximum atomic E-state index is 13.5. The van der Waals surface area contributed by atoms with Crippen molar-refractivity contribution in [2.75, 3.05) is 26.2 Å². The molecule has 10 heteroatoms. The zero-order valence-electron chi connectivity index (χ0n) is 29.2. The van der Waals surface area contributed by atoms with Gasteiger partial charge in [-0.05, 0) is 69.3 Å². The second kappa shape index (κ2) is 18.1. The SMILES string of the molecule is C[C@H](NC(=O)[C@H](CC(=O)N1CCCC1)NC(=O)CCc1ccccc1)C(=O)NCC1CCCC2(C3CCCCCCCCC3)CNNC12. The number of likely N-dealkylation sites (tertiary alicyclic amines) is 1. The fourth-order valence-electron chi connectivity index (χ4n) is 8.89. The first-order valence-electron chi connectivity index (χ1n) is 19.0. The molecule has 4 aliphatic rings. The van der Waals surface area contributed by atoms with Crippen LogP contribution in [-0.4, -0.2) is 72.8 Å². The molecular formula is C38H60N6O4. The van der Waals surface area contributed by atoms with E-state index in [1.807, 2.05) is 30.3 Å². The molecule has 4 fully saturated rings. The molecule has 0 bridgehead atoms. The lowest BCUT2D eigenvalue weighted by Gasteiger charge is -2.48. The lowest BCUT2D eigenvalue weighted by molar-refractivity contribution is -0.136. The maximum absolute atomic E-state index is 13.5. The highest BCUT2D eigenvalue weighted by Gasteiger charge is 2.52. The van der Waals surface area contributed by atoms with Crippen LogP contribution in [0, 0.1) is 17.3 Å². The van der Waals surface area contributed by atoms with Gasteiger partial charge < -0.3 is 20.9 Å². The second-order valence-electron chi connectivity index (χ2n) is 15.0. The summed E-state index contributed by atoms with van der Waals surface area (Å²) in [5, 5.41) is 8.76. The minimum Gasteiger partial charge on any atom is -0.354 e. The van der Waals surface area contributed by atoms with E-state index in [0.29, 0.717) is 43.9 Å². The van der Waals surface area contributed by atoms with Crippen LogP contribution in [0.15, 0.2) is 30.3 Å². The van der Waals surface area contributed by atoms with E-state index < -0.39 is 18.0 Å². The molecule has 1 aromatic rings. The minimum atomic E-state index is -1.04. The van der Waals surface area contributed by atoms with Gasteiger partial charge in [0.05, 0.1) is 6.42 Å². The van der Waals surface area contributed by atoms with Gasteiger partial charge in [0, 0.05) is 44.1 Å². The Morgan fingerprint density at radius 2 is 1.54 bits per heavy atom. The predicted octanol–water partition coefficient (Wildman–Crippen LogP) is 4.14. The van der Waals surface area contributed by atoms with Crippen molar-refractivity contribution in [3.8, 4) is 0 Å². The van der Waals surface area contributed by atoms with Gasteiger partial charge in [0.25, 0.3) is 0 Å². The summed E-state index contributed by atoms with van der Waals surface area (Å²) in [6.07, 6.45) is 18.0. The Labute approximate surface area is 287 Å². The molecule has 0 spiro atoms. The molecule has 5 atom stereocenters. The number of rotatable bonds is 12. The van der Waals surface area contributed by atoms with Gasteiger partial charge in [0.2, 0.25) is 23.6 Å². The average Bonchev–Trinajstić information content (AvgIpc) is 3.80. The van der Waals surface area contributed by atoms with E-state index in [-0.39, 0.29) is 36.0 Å². The van der Waals surface area contributed by atoms with Crippen molar-refractivity contribution in [3.63, 3.8) is 0 Å². The van der Waals surface area contributed by atoms with Gasteiger partial charge in [-0.25, -0.2) is 0 Å². The quantitative estimate of drug-likeness (QED) is 0.228. The molecule has 2 heterocycles. The Morgan fingerprint density at radius 3 is 2.25 bits per heavy atom. The molecule has 2 saturated heterocycles. The molecule has 2 saturated carbocycles. The van der Waals surface area contributed by atoms with Crippen LogP contribution in [0.2, 0.25) is 0 Å². The monoisotopic (exact) mass is 664 g/mol. The van der Waals surface area contributed by atoms with E-state index in [1.165, 1.54) is 70.6 Å². The molecule has 1 aromatic carbocycles. The average molecular weight is 665 g/mol. The number of nitrogens with one attached hydrogen (secondary N) is 5. The number of amides is 4. The number of carbonyl (C=O) groups is 4. The van der Waals surface area contributed by atoms with Crippen LogP contribution in [0.1, 0.15) is 115 Å². The van der Waals surface area contributed by atoms with Crippen molar-refractivity contribution in [2.45, 2.75) is 134 Å². The summed E-state index contributed by atoms with van der Waals surface area (Å²) >= 11 is 0. The highest BCUT2D eigenvalue weighted by molar-refractivity contribution is 5.94. The third-order valence-electron chi connectivity index (χ3n) is 11.7. The van der Waals surface area contributed by atoms with Gasteiger partial charge >= 0.3 is 0 Å². The van der Waals surface area contributed by atoms with Crippen molar-refractivity contribution in [1.82, 2.24) is 31.7 Å². The highest BCUT2D eigenvalue weighted by atomic mass is 16.2. The third-order valence-corrected chi connectivity index (χ3v) is 11.7. The maximum Gasteiger partial charge on any atom is 0.243 e. The van der Waals surface area contributed by atoms with Crippen LogP contribution in [0.5, 0.6) is 0 Å². The number of hydrogen-bond acceptors (Lipinski definition) is 6. The molecule has 0 radical (unpaired) electrons. The van der Waals surface area contributed by atoms with E-state index in [1.54, 1.807) is 11.8 Å². The summed E-state index contributed by atoms with van der Waals surface area (Å²) in [5.41, 5.74) is 8.43. The number of hydrazine groups is 1. The Balaban J connectivity index is 1.15. The third kappa shape index (κ3) is 9.80. The van der Waals surface area contributed by atoms with Crippen molar-refractivity contribution in [2.24, 2.45) is 17.3 Å². The zero-order valence-corrected chi connectivity index (χ0v) is 29.2. The van der Waals surface area contributed by atoms with Crippen LogP contribution >= 0.6 is 0 Å². The van der Waals surface area contributed by atoms with E-state index >= 15 is 0 Å². The molecule has 5 rings (SSSR count). The van der Waals surface area contributed by atoms with Crippen LogP contribution in [0.3, 0.4) is 0 Å². The number of hydrogen-bond donors (Lipinski definition) is 5. The summed E-state index contributed by atoms with van der Waals surface area (Å²) in [4.78, 5) is 54.6. The first kappa shape index (κ1) is 36.3. The smallest absolute Gasteiger partial charge is 0.243 e. The van der Waals surface area contributed by atoms with Crippen molar-refractivity contribution in [3.05, 3.63) is 35.9 Å². The standard InChI is InChI=1S/C38H60N6O4/c1-28(41-37(48)32(25-34(46)44-23-12-13-24-44)42-33(45)21-20-29-15-8-7-9-16-29)36(47)39-26-30-17-14-22-38(27-40-43-35(30)38)31-18-10-5-3-2-4-6-11-19-31/h7-9,15-16,28,30-32,35,40,43H,2-6,10-14,17-27H2,1H3,(H,39,47)(H,41,48)(H,42,45)/t28-,30?,32-,35?,38?/m0/s1. The van der Waals surface area contributed by atoms with Crippen molar-refractivity contribution >= 4 is 23.6 Å². The van der Waals surface area contributed by atoms with Gasteiger partial charge in [-0.3, -0.25) is 30.0 Å². The number of nitrogens with zero attached hydrogens (tertiary/aromatic N) is 1. The Morgan fingerprint density at radius 1 is 0.854 bits per heavy atom. The fourth-order valence-corrected chi connectivity index (χ4v) is 8.89. The number of aryl methyl sites for hydroxylation is 1.